The van der Waals surface area contributed by atoms with Gasteiger partial charge in [-0.1, -0.05) is 48.5 Å². The van der Waals surface area contributed by atoms with Crippen LogP contribution in [0, 0.1) is 0 Å². The van der Waals surface area contributed by atoms with Crippen molar-refractivity contribution in [3.05, 3.63) is 84.9 Å². The van der Waals surface area contributed by atoms with Gasteiger partial charge in [-0.3, -0.25) is 0 Å². The van der Waals surface area contributed by atoms with Crippen molar-refractivity contribution in [1.82, 2.24) is 0 Å². The number of benzene rings is 3. The Kier molecular flexibility index (Phi) is 6.82. The number of hydrogen-bond donors (Lipinski definition) is 0. The highest BCUT2D eigenvalue weighted by Crippen LogP contribution is 2.42. The molecule has 0 radical (unpaired) electrons. The zero-order chi connectivity index (χ0) is 23.6. The Labute approximate surface area is 183 Å². The van der Waals surface area contributed by atoms with Crippen molar-refractivity contribution in [3.8, 4) is 5.75 Å². The molecule has 0 aliphatic heterocycles. The molecule has 3 rings (SSSR count). The molecular formula is C21H15F5O4S2. The van der Waals surface area contributed by atoms with Gasteiger partial charge in [0.25, 0.3) is 6.10 Å². The number of para-hydroxylation sites is 1. The molecule has 0 spiro atoms. The molecule has 0 N–H and O–H groups in total. The van der Waals surface area contributed by atoms with Gasteiger partial charge in [-0.05, 0) is 36.4 Å². The van der Waals surface area contributed by atoms with Crippen molar-refractivity contribution >= 4 is 21.0 Å². The second-order valence-electron chi connectivity index (χ2n) is 6.43. The van der Waals surface area contributed by atoms with Gasteiger partial charge in [-0.15, -0.1) is 0 Å². The standard InChI is InChI=1S/C21H15F5O4S2/c22-20(23,24)19(21(25,26)32(27,28)29)30-17-13-7-8-14-18(17)31(15-9-3-1-4-10-15)16-11-5-2-6-12-16/h1-14,19H. The number of rotatable bonds is 7. The van der Waals surface area contributed by atoms with Crippen LogP contribution in [-0.2, 0) is 21.0 Å². The lowest BCUT2D eigenvalue weighted by molar-refractivity contribution is -0.239. The van der Waals surface area contributed by atoms with Crippen molar-refractivity contribution in [2.45, 2.75) is 32.2 Å². The van der Waals surface area contributed by atoms with E-state index in [0.717, 1.165) is 6.07 Å². The molecule has 0 fully saturated rings. The maximum Gasteiger partial charge on any atom is 0.432 e. The van der Waals surface area contributed by atoms with E-state index in [-0.39, 0.29) is 4.90 Å². The Morgan fingerprint density at radius 1 is 0.750 bits per heavy atom. The summed E-state index contributed by atoms with van der Waals surface area (Å²) < 4.78 is 106. The van der Waals surface area contributed by atoms with Crippen LogP contribution < -0.4 is 4.74 Å². The first-order chi connectivity index (χ1) is 14.9. The fourth-order valence-electron chi connectivity index (χ4n) is 2.80. The molecule has 0 saturated carbocycles. The van der Waals surface area contributed by atoms with E-state index in [1.165, 1.54) is 18.2 Å². The zero-order valence-corrected chi connectivity index (χ0v) is 17.6. The summed E-state index contributed by atoms with van der Waals surface area (Å²) in [6.07, 6.45) is -10.0. The third-order valence-electron chi connectivity index (χ3n) is 4.21. The van der Waals surface area contributed by atoms with Gasteiger partial charge in [0.2, 0.25) is 4.90 Å². The molecule has 0 heterocycles. The predicted octanol–water partition coefficient (Wildman–Crippen LogP) is 5.23. The molecule has 11 heteroatoms. The summed E-state index contributed by atoms with van der Waals surface area (Å²) in [5.41, 5.74) is 0. The molecule has 1 unspecified atom stereocenters. The van der Waals surface area contributed by atoms with Crippen LogP contribution in [0.5, 0.6) is 5.75 Å². The van der Waals surface area contributed by atoms with Crippen LogP contribution in [0.15, 0.2) is 99.6 Å². The van der Waals surface area contributed by atoms with Gasteiger partial charge < -0.3 is 9.29 Å². The lowest BCUT2D eigenvalue weighted by Crippen LogP contribution is -2.53. The van der Waals surface area contributed by atoms with Gasteiger partial charge in [0, 0.05) is 0 Å². The van der Waals surface area contributed by atoms with E-state index >= 15 is 0 Å². The molecule has 0 saturated heterocycles. The number of ether oxygens (including phenoxy) is 1. The molecule has 0 aliphatic carbocycles. The van der Waals surface area contributed by atoms with Crippen molar-refractivity contribution < 1.29 is 39.7 Å². The average molecular weight is 490 g/mol. The number of alkyl halides is 5. The molecule has 0 amide bonds. The van der Waals surface area contributed by atoms with Crippen molar-refractivity contribution in [3.63, 3.8) is 0 Å². The molecule has 0 aliphatic rings. The summed E-state index contributed by atoms with van der Waals surface area (Å²) in [4.78, 5) is 1.42. The Bertz CT molecular complexity index is 1110. The van der Waals surface area contributed by atoms with E-state index in [1.54, 1.807) is 60.7 Å². The fraction of sp³-hybridized carbons (Fsp3) is 0.143. The molecule has 3 aromatic rings. The lowest BCUT2D eigenvalue weighted by Gasteiger charge is -2.30. The predicted molar refractivity (Wildman–Crippen MR) is 107 cm³/mol. The molecule has 3 aromatic carbocycles. The van der Waals surface area contributed by atoms with Crippen LogP contribution >= 0.6 is 0 Å². The molecule has 0 aromatic heterocycles. The third-order valence-corrected chi connectivity index (χ3v) is 7.35. The Morgan fingerprint density at radius 2 is 1.19 bits per heavy atom. The monoisotopic (exact) mass is 490 g/mol. The van der Waals surface area contributed by atoms with E-state index in [4.69, 9.17) is 0 Å². The Hall–Kier alpha value is -2.63. The summed E-state index contributed by atoms with van der Waals surface area (Å²) in [5, 5.41) is -5.74. The maximum absolute atomic E-state index is 14.0. The number of hydrogen-bond acceptors (Lipinski definition) is 4. The van der Waals surface area contributed by atoms with Crippen molar-refractivity contribution in [1.29, 1.82) is 0 Å². The second-order valence-corrected chi connectivity index (χ2v) is 9.88. The smallest absolute Gasteiger partial charge is 0.432 e. The van der Waals surface area contributed by atoms with Crippen molar-refractivity contribution in [2.75, 3.05) is 0 Å². The second kappa shape index (κ2) is 9.08. The van der Waals surface area contributed by atoms with Crippen LogP contribution in [0.1, 0.15) is 0 Å². The topological polar surface area (TPSA) is 66.4 Å². The van der Waals surface area contributed by atoms with Gasteiger partial charge in [0.1, 0.15) is 10.9 Å². The Balaban J connectivity index is 2.16. The highest BCUT2D eigenvalue weighted by Gasteiger charge is 2.62. The molecule has 1 atom stereocenters. The minimum absolute atomic E-state index is 0.109. The van der Waals surface area contributed by atoms with Gasteiger partial charge in [-0.25, -0.2) is 8.42 Å². The molecular weight excluding hydrogens is 475 g/mol. The summed E-state index contributed by atoms with van der Waals surface area (Å²) in [6, 6.07) is 22.3. The van der Waals surface area contributed by atoms with Crippen LogP contribution in [0.25, 0.3) is 0 Å². The van der Waals surface area contributed by atoms with E-state index in [9.17, 15) is 34.9 Å². The normalized spacial score (nSPS) is 13.7. The Morgan fingerprint density at radius 3 is 1.62 bits per heavy atom. The summed E-state index contributed by atoms with van der Waals surface area (Å²) in [6.45, 7) is 0. The van der Waals surface area contributed by atoms with E-state index in [1.807, 2.05) is 0 Å². The zero-order valence-electron chi connectivity index (χ0n) is 16.0. The van der Waals surface area contributed by atoms with Gasteiger partial charge in [-0.2, -0.15) is 22.0 Å². The van der Waals surface area contributed by atoms with Gasteiger partial charge in [0.05, 0.1) is 0 Å². The minimum Gasteiger partial charge on any atom is -0.743 e. The van der Waals surface area contributed by atoms with Crippen molar-refractivity contribution in [2.24, 2.45) is 0 Å². The molecule has 4 nitrogen and oxygen atoms in total. The summed E-state index contributed by atoms with van der Waals surface area (Å²) in [7, 11) is -7.75. The van der Waals surface area contributed by atoms with Gasteiger partial charge in [0.15, 0.2) is 25.7 Å². The van der Waals surface area contributed by atoms with E-state index in [0.29, 0.717) is 9.79 Å². The average Bonchev–Trinajstić information content (AvgIpc) is 2.73. The minimum atomic E-state index is -6.67. The lowest BCUT2D eigenvalue weighted by atomic mass is 10.3. The van der Waals surface area contributed by atoms with E-state index in [2.05, 4.69) is 4.74 Å². The van der Waals surface area contributed by atoms with Crippen LogP contribution in [0.4, 0.5) is 22.0 Å². The van der Waals surface area contributed by atoms with Crippen LogP contribution in [0.2, 0.25) is 0 Å². The van der Waals surface area contributed by atoms with Crippen LogP contribution in [0.3, 0.4) is 0 Å². The first-order valence-electron chi connectivity index (χ1n) is 8.93. The van der Waals surface area contributed by atoms with Crippen LogP contribution in [-0.4, -0.2) is 30.5 Å². The quantitative estimate of drug-likeness (QED) is 0.259. The molecule has 0 bridgehead atoms. The molecule has 170 valence electrons. The molecule has 32 heavy (non-hydrogen) atoms. The summed E-state index contributed by atoms with van der Waals surface area (Å²) >= 11 is 0. The third kappa shape index (κ3) is 5.05. The number of halogens is 5. The first-order valence-corrected chi connectivity index (χ1v) is 11.6. The highest BCUT2D eigenvalue weighted by molar-refractivity contribution is 7.97. The summed E-state index contributed by atoms with van der Waals surface area (Å²) in [5.74, 6) is -0.616. The first kappa shape index (κ1) is 24.0. The van der Waals surface area contributed by atoms with Gasteiger partial charge >= 0.3 is 11.4 Å². The maximum atomic E-state index is 14.0. The van der Waals surface area contributed by atoms with E-state index < -0.39 is 44.3 Å². The highest BCUT2D eigenvalue weighted by atomic mass is 32.2. The SMILES string of the molecule is O=S(=O)([O-])C(F)(F)C(Oc1ccccc1[S+](c1ccccc1)c1ccccc1)C(F)(F)F. The fourth-order valence-corrected chi connectivity index (χ4v) is 5.42. The largest absolute Gasteiger partial charge is 0.743 e.